The van der Waals surface area contributed by atoms with Gasteiger partial charge in [0.2, 0.25) is 0 Å². The molecule has 0 spiro atoms. The first-order valence-corrected chi connectivity index (χ1v) is 6.56. The van der Waals surface area contributed by atoms with Crippen molar-refractivity contribution in [3.05, 3.63) is 22.0 Å². The lowest BCUT2D eigenvalue weighted by molar-refractivity contribution is 0.460. The molecule has 68 valence electrons. The number of rotatable bonds is 1. The van der Waals surface area contributed by atoms with Crippen LogP contribution in [0.1, 0.15) is 0 Å². The number of phenols is 1. The van der Waals surface area contributed by atoms with Crippen molar-refractivity contribution in [3.8, 4) is 5.75 Å². The summed E-state index contributed by atoms with van der Waals surface area (Å²) in [6, 6.07) is 4.07. The summed E-state index contributed by atoms with van der Waals surface area (Å²) in [7, 11) is 0. The number of hydrogen-bond acceptors (Lipinski definition) is 3. The van der Waals surface area contributed by atoms with Crippen LogP contribution in [0.4, 0.5) is 0 Å². The first kappa shape index (κ1) is 9.37. The monoisotopic (exact) mass is 274 g/mol. The molecule has 0 fully saturated rings. The number of fused-ring (bicyclic) bond motifs is 1. The van der Waals surface area contributed by atoms with Crippen molar-refractivity contribution in [3.63, 3.8) is 0 Å². The van der Waals surface area contributed by atoms with Crippen LogP contribution in [-0.4, -0.2) is 11.4 Å². The highest BCUT2D eigenvalue weighted by molar-refractivity contribution is 9.10. The fourth-order valence-electron chi connectivity index (χ4n) is 1.19. The highest BCUT2D eigenvalue weighted by Crippen LogP contribution is 2.41. The van der Waals surface area contributed by atoms with Crippen LogP contribution < -0.4 is 0 Å². The fraction of sp³-hybridized carbons (Fsp3) is 0.111. The van der Waals surface area contributed by atoms with Gasteiger partial charge >= 0.3 is 0 Å². The summed E-state index contributed by atoms with van der Waals surface area (Å²) in [6.45, 7) is 0. The van der Waals surface area contributed by atoms with Crippen LogP contribution in [0.5, 0.6) is 5.75 Å². The van der Waals surface area contributed by atoms with Crippen LogP contribution in [0.15, 0.2) is 26.9 Å². The molecule has 1 N–H and O–H groups in total. The van der Waals surface area contributed by atoms with Crippen LogP contribution in [0.25, 0.3) is 10.1 Å². The Kier molecular flexibility index (Phi) is 2.53. The van der Waals surface area contributed by atoms with E-state index in [1.165, 1.54) is 5.39 Å². The van der Waals surface area contributed by atoms with Crippen LogP contribution in [0.3, 0.4) is 0 Å². The zero-order valence-electron chi connectivity index (χ0n) is 6.87. The minimum absolute atomic E-state index is 0.349. The number of halogens is 1. The van der Waals surface area contributed by atoms with E-state index in [4.69, 9.17) is 0 Å². The Bertz CT molecular complexity index is 450. The first-order valence-electron chi connectivity index (χ1n) is 3.66. The third kappa shape index (κ3) is 1.47. The molecule has 0 amide bonds. The van der Waals surface area contributed by atoms with Crippen molar-refractivity contribution in [2.45, 2.75) is 4.90 Å². The summed E-state index contributed by atoms with van der Waals surface area (Å²) in [4.78, 5) is 0.915. The van der Waals surface area contributed by atoms with Gasteiger partial charge in [-0.15, -0.1) is 23.1 Å². The lowest BCUT2D eigenvalue weighted by Crippen LogP contribution is -1.75. The number of thiophene rings is 1. The molecule has 2 rings (SSSR count). The molecule has 1 aromatic heterocycles. The Labute approximate surface area is 92.9 Å². The third-order valence-electron chi connectivity index (χ3n) is 1.84. The van der Waals surface area contributed by atoms with Crippen LogP contribution >= 0.6 is 39.0 Å². The number of aromatic hydroxyl groups is 1. The normalized spacial score (nSPS) is 10.9. The molecule has 1 heterocycles. The van der Waals surface area contributed by atoms with E-state index in [0.717, 1.165) is 14.1 Å². The van der Waals surface area contributed by atoms with E-state index in [0.29, 0.717) is 5.75 Å². The van der Waals surface area contributed by atoms with Crippen molar-refractivity contribution < 1.29 is 5.11 Å². The molecule has 0 aliphatic rings. The van der Waals surface area contributed by atoms with Crippen LogP contribution in [-0.2, 0) is 0 Å². The number of hydrogen-bond donors (Lipinski definition) is 1. The molecular formula is C9H7BrOS2. The van der Waals surface area contributed by atoms with Gasteiger partial charge in [0, 0.05) is 0 Å². The van der Waals surface area contributed by atoms with E-state index in [1.807, 2.05) is 17.7 Å². The van der Waals surface area contributed by atoms with Crippen molar-refractivity contribution >= 4 is 49.1 Å². The molecule has 1 nitrogen and oxygen atoms in total. The minimum atomic E-state index is 0.349. The topological polar surface area (TPSA) is 20.2 Å². The molecule has 2 aromatic rings. The van der Waals surface area contributed by atoms with E-state index >= 15 is 0 Å². The number of phenolic OH excluding ortho intramolecular Hbond substituents is 1. The third-order valence-corrected chi connectivity index (χ3v) is 4.58. The van der Waals surface area contributed by atoms with E-state index in [9.17, 15) is 5.11 Å². The highest BCUT2D eigenvalue weighted by Gasteiger charge is 2.10. The molecule has 0 saturated heterocycles. The van der Waals surface area contributed by atoms with E-state index in [2.05, 4.69) is 22.0 Å². The van der Waals surface area contributed by atoms with Gasteiger partial charge in [0.15, 0.2) is 0 Å². The van der Waals surface area contributed by atoms with Gasteiger partial charge in [-0.3, -0.25) is 0 Å². The maximum Gasteiger partial charge on any atom is 0.144 e. The van der Waals surface area contributed by atoms with Crippen molar-refractivity contribution in [2.24, 2.45) is 0 Å². The number of benzene rings is 1. The molecule has 13 heavy (non-hydrogen) atoms. The van der Waals surface area contributed by atoms with Gasteiger partial charge in [-0.05, 0) is 45.1 Å². The molecule has 4 heteroatoms. The van der Waals surface area contributed by atoms with Crippen LogP contribution in [0.2, 0.25) is 0 Å². The van der Waals surface area contributed by atoms with Crippen molar-refractivity contribution in [2.75, 3.05) is 6.26 Å². The average molecular weight is 275 g/mol. The summed E-state index contributed by atoms with van der Waals surface area (Å²) in [5, 5.41) is 13.0. The fourth-order valence-corrected chi connectivity index (χ4v) is 3.40. The second-order valence-corrected chi connectivity index (χ2v) is 5.14. The van der Waals surface area contributed by atoms with Gasteiger partial charge in [-0.1, -0.05) is 0 Å². The van der Waals surface area contributed by atoms with Gasteiger partial charge < -0.3 is 5.11 Å². The quantitative estimate of drug-likeness (QED) is 0.791. The van der Waals surface area contributed by atoms with E-state index in [1.54, 1.807) is 23.1 Å². The smallest absolute Gasteiger partial charge is 0.144 e. The summed E-state index contributed by atoms with van der Waals surface area (Å²) in [6.07, 6.45) is 1.96. The first-order chi connectivity index (χ1) is 6.24. The maximum atomic E-state index is 9.75. The standard InChI is InChI=1S/C9H7BrOS2/c1-12-6-4-5-2-3-13-9(5)7(10)8(6)11/h2-4,11H,1H3. The largest absolute Gasteiger partial charge is 0.506 e. The summed E-state index contributed by atoms with van der Waals surface area (Å²) in [5.41, 5.74) is 0. The predicted molar refractivity (Wildman–Crippen MR) is 63.0 cm³/mol. The maximum absolute atomic E-state index is 9.75. The average Bonchev–Trinajstić information content (AvgIpc) is 2.59. The van der Waals surface area contributed by atoms with Gasteiger partial charge in [0.05, 0.1) is 14.1 Å². The molecule has 0 atom stereocenters. The Morgan fingerprint density at radius 1 is 1.54 bits per heavy atom. The van der Waals surface area contributed by atoms with Gasteiger partial charge in [-0.25, -0.2) is 0 Å². The molecule has 0 aliphatic carbocycles. The zero-order valence-corrected chi connectivity index (χ0v) is 10.1. The van der Waals surface area contributed by atoms with Crippen LogP contribution in [0, 0.1) is 0 Å². The van der Waals surface area contributed by atoms with Gasteiger partial charge in [0.1, 0.15) is 5.75 Å². The van der Waals surface area contributed by atoms with Crippen molar-refractivity contribution in [1.29, 1.82) is 0 Å². The van der Waals surface area contributed by atoms with Gasteiger partial charge in [0.25, 0.3) is 0 Å². The highest BCUT2D eigenvalue weighted by atomic mass is 79.9. The Balaban J connectivity index is 2.83. The second kappa shape index (κ2) is 3.52. The molecule has 0 bridgehead atoms. The Hall–Kier alpha value is -0.190. The molecule has 1 aromatic carbocycles. The zero-order chi connectivity index (χ0) is 9.42. The number of thioether (sulfide) groups is 1. The predicted octanol–water partition coefficient (Wildman–Crippen LogP) is 4.09. The van der Waals surface area contributed by atoms with Gasteiger partial charge in [-0.2, -0.15) is 0 Å². The summed E-state index contributed by atoms with van der Waals surface area (Å²) >= 11 is 6.58. The molecule has 0 radical (unpaired) electrons. The second-order valence-electron chi connectivity index (χ2n) is 2.58. The SMILES string of the molecule is CSc1cc2ccsc2c(Br)c1O. The van der Waals surface area contributed by atoms with E-state index in [-0.39, 0.29) is 0 Å². The summed E-state index contributed by atoms with van der Waals surface area (Å²) < 4.78 is 1.92. The molecule has 0 unspecified atom stereocenters. The summed E-state index contributed by atoms with van der Waals surface area (Å²) in [5.74, 6) is 0.349. The Morgan fingerprint density at radius 2 is 2.31 bits per heavy atom. The van der Waals surface area contributed by atoms with Crippen molar-refractivity contribution in [1.82, 2.24) is 0 Å². The Morgan fingerprint density at radius 3 is 3.00 bits per heavy atom. The molecule has 0 saturated carbocycles. The molecule has 0 aliphatic heterocycles. The van der Waals surface area contributed by atoms with E-state index < -0.39 is 0 Å². The lowest BCUT2D eigenvalue weighted by Gasteiger charge is -2.04. The lowest BCUT2D eigenvalue weighted by atomic mass is 10.2. The minimum Gasteiger partial charge on any atom is -0.506 e. The molecular weight excluding hydrogens is 268 g/mol.